The van der Waals surface area contributed by atoms with Crippen LogP contribution in [0.5, 0.6) is 0 Å². The number of carbonyl (C=O) groups is 1. The van der Waals surface area contributed by atoms with Crippen LogP contribution in [-0.4, -0.2) is 34.9 Å². The number of amidine groups is 1. The zero-order valence-electron chi connectivity index (χ0n) is 10.5. The second-order valence-corrected chi connectivity index (χ2v) is 5.61. The highest BCUT2D eigenvalue weighted by molar-refractivity contribution is 6.09. The first-order valence-corrected chi connectivity index (χ1v) is 6.28. The van der Waals surface area contributed by atoms with Gasteiger partial charge in [0.05, 0.1) is 0 Å². The van der Waals surface area contributed by atoms with E-state index in [2.05, 4.69) is 19.0 Å². The van der Waals surface area contributed by atoms with E-state index < -0.39 is 5.41 Å². The molecule has 5 nitrogen and oxygen atoms in total. The molecule has 0 radical (unpaired) electrons. The Kier molecular flexibility index (Phi) is 3.02. The summed E-state index contributed by atoms with van der Waals surface area (Å²) < 4.78 is 0. The Hall–Kier alpha value is -1.26. The molecule has 1 amide bonds. The van der Waals surface area contributed by atoms with Crippen LogP contribution in [0, 0.1) is 17.3 Å². The minimum atomic E-state index is -0.680. The molecule has 2 rings (SSSR count). The van der Waals surface area contributed by atoms with Gasteiger partial charge in [-0.3, -0.25) is 4.79 Å². The van der Waals surface area contributed by atoms with Gasteiger partial charge in [-0.15, -0.1) is 0 Å². The van der Waals surface area contributed by atoms with Gasteiger partial charge < -0.3 is 15.8 Å². The largest absolute Gasteiger partial charge is 0.409 e. The molecule has 0 aromatic carbocycles. The minimum absolute atomic E-state index is 0.0518. The first-order chi connectivity index (χ1) is 8.01. The van der Waals surface area contributed by atoms with Crippen LogP contribution >= 0.6 is 0 Å². The predicted molar refractivity (Wildman–Crippen MR) is 64.6 cm³/mol. The van der Waals surface area contributed by atoms with Gasteiger partial charge in [0.25, 0.3) is 0 Å². The van der Waals surface area contributed by atoms with Gasteiger partial charge in [-0.1, -0.05) is 19.0 Å². The molecule has 1 aliphatic heterocycles. The smallest absolute Gasteiger partial charge is 0.236 e. The molecule has 1 unspecified atom stereocenters. The highest BCUT2D eigenvalue weighted by Gasteiger charge is 2.56. The van der Waals surface area contributed by atoms with E-state index in [-0.39, 0.29) is 11.7 Å². The average molecular weight is 239 g/mol. The fourth-order valence-electron chi connectivity index (χ4n) is 2.62. The van der Waals surface area contributed by atoms with E-state index in [1.54, 1.807) is 0 Å². The van der Waals surface area contributed by atoms with Crippen molar-refractivity contribution < 1.29 is 10.0 Å². The summed E-state index contributed by atoms with van der Waals surface area (Å²) in [6.07, 6.45) is 2.49. The molecule has 0 bridgehead atoms. The van der Waals surface area contributed by atoms with Crippen LogP contribution in [0.25, 0.3) is 0 Å². The van der Waals surface area contributed by atoms with Gasteiger partial charge in [-0.25, -0.2) is 0 Å². The number of hydrogen-bond donors (Lipinski definition) is 2. The second kappa shape index (κ2) is 4.20. The highest BCUT2D eigenvalue weighted by atomic mass is 16.4. The number of carbonyl (C=O) groups excluding carboxylic acids is 1. The molecule has 1 atom stereocenters. The van der Waals surface area contributed by atoms with E-state index in [1.165, 1.54) is 0 Å². The lowest BCUT2D eigenvalue weighted by atomic mass is 9.95. The first-order valence-electron chi connectivity index (χ1n) is 6.28. The summed E-state index contributed by atoms with van der Waals surface area (Å²) in [4.78, 5) is 14.2. The third-order valence-electron chi connectivity index (χ3n) is 4.21. The first kappa shape index (κ1) is 12.2. The van der Waals surface area contributed by atoms with E-state index in [1.807, 2.05) is 4.90 Å². The van der Waals surface area contributed by atoms with Crippen LogP contribution < -0.4 is 5.73 Å². The van der Waals surface area contributed by atoms with E-state index in [0.29, 0.717) is 24.7 Å². The molecular formula is C12H21N3O2. The van der Waals surface area contributed by atoms with Crippen LogP contribution in [0.15, 0.2) is 5.16 Å². The predicted octanol–water partition coefficient (Wildman–Crippen LogP) is 1.02. The summed E-state index contributed by atoms with van der Waals surface area (Å²) in [6.45, 7) is 6.00. The monoisotopic (exact) mass is 239 g/mol. The number of nitrogens with two attached hydrogens (primary N) is 1. The van der Waals surface area contributed by atoms with E-state index in [9.17, 15) is 4.79 Å². The van der Waals surface area contributed by atoms with Crippen LogP contribution in [0.1, 0.15) is 33.1 Å². The molecule has 1 saturated heterocycles. The van der Waals surface area contributed by atoms with E-state index in [4.69, 9.17) is 10.9 Å². The molecule has 1 aliphatic carbocycles. The van der Waals surface area contributed by atoms with Crippen molar-refractivity contribution in [1.29, 1.82) is 0 Å². The van der Waals surface area contributed by atoms with Crippen LogP contribution in [0.4, 0.5) is 0 Å². The lowest BCUT2D eigenvalue weighted by Gasteiger charge is -2.23. The molecule has 2 aliphatic rings. The zero-order chi connectivity index (χ0) is 12.6. The van der Waals surface area contributed by atoms with Crippen molar-refractivity contribution in [2.24, 2.45) is 28.1 Å². The number of hydrogen-bond acceptors (Lipinski definition) is 3. The summed E-state index contributed by atoms with van der Waals surface area (Å²) in [5.74, 6) is 1.32. The van der Waals surface area contributed by atoms with Gasteiger partial charge in [-0.2, -0.15) is 0 Å². The van der Waals surface area contributed by atoms with Crippen molar-refractivity contribution in [1.82, 2.24) is 4.90 Å². The third kappa shape index (κ3) is 1.98. The lowest BCUT2D eigenvalue weighted by Crippen LogP contribution is -2.42. The fraction of sp³-hybridized carbons (Fsp3) is 0.833. The Morgan fingerprint density at radius 1 is 1.53 bits per heavy atom. The van der Waals surface area contributed by atoms with Crippen molar-refractivity contribution >= 4 is 11.7 Å². The Balaban J connectivity index is 2.03. The van der Waals surface area contributed by atoms with Gasteiger partial charge in [0, 0.05) is 13.1 Å². The van der Waals surface area contributed by atoms with Crippen LogP contribution in [0.2, 0.25) is 0 Å². The summed E-state index contributed by atoms with van der Waals surface area (Å²) in [5, 5.41) is 11.8. The highest BCUT2D eigenvalue weighted by Crippen LogP contribution is 2.48. The van der Waals surface area contributed by atoms with Gasteiger partial charge in [-0.05, 0) is 31.1 Å². The van der Waals surface area contributed by atoms with Gasteiger partial charge in [0.15, 0.2) is 5.84 Å². The maximum atomic E-state index is 12.4. The minimum Gasteiger partial charge on any atom is -0.409 e. The van der Waals surface area contributed by atoms with Crippen LogP contribution in [0.3, 0.4) is 0 Å². The maximum Gasteiger partial charge on any atom is 0.236 e. The summed E-state index contributed by atoms with van der Waals surface area (Å²) in [7, 11) is 0. The van der Waals surface area contributed by atoms with Gasteiger partial charge in [0.1, 0.15) is 5.41 Å². The molecule has 0 aromatic heterocycles. The summed E-state index contributed by atoms with van der Waals surface area (Å²) >= 11 is 0. The van der Waals surface area contributed by atoms with E-state index >= 15 is 0 Å². The second-order valence-electron chi connectivity index (χ2n) is 5.61. The molecule has 0 aromatic rings. The number of rotatable bonds is 3. The molecule has 1 saturated carbocycles. The quantitative estimate of drug-likeness (QED) is 0.334. The zero-order valence-corrected chi connectivity index (χ0v) is 10.5. The molecule has 2 fully saturated rings. The lowest BCUT2D eigenvalue weighted by molar-refractivity contribution is -0.133. The van der Waals surface area contributed by atoms with Gasteiger partial charge >= 0.3 is 0 Å². The van der Waals surface area contributed by atoms with Crippen molar-refractivity contribution in [3.63, 3.8) is 0 Å². The maximum absolute atomic E-state index is 12.4. The molecule has 1 heterocycles. The Bertz CT molecular complexity index is 348. The average Bonchev–Trinajstić information content (AvgIpc) is 2.97. The fourth-order valence-corrected chi connectivity index (χ4v) is 2.62. The van der Waals surface area contributed by atoms with Crippen molar-refractivity contribution in [3.8, 4) is 0 Å². The number of likely N-dealkylation sites (tertiary alicyclic amines) is 1. The van der Waals surface area contributed by atoms with Crippen molar-refractivity contribution in [2.45, 2.75) is 33.1 Å². The Morgan fingerprint density at radius 2 is 2.18 bits per heavy atom. The van der Waals surface area contributed by atoms with Crippen LogP contribution in [-0.2, 0) is 4.79 Å². The number of nitrogens with zero attached hydrogens (tertiary/aromatic N) is 2. The molecular weight excluding hydrogens is 218 g/mol. The topological polar surface area (TPSA) is 78.9 Å². The summed E-state index contributed by atoms with van der Waals surface area (Å²) in [5.41, 5.74) is 4.95. The molecule has 5 heteroatoms. The van der Waals surface area contributed by atoms with Gasteiger partial charge in [0.2, 0.25) is 5.91 Å². The molecule has 17 heavy (non-hydrogen) atoms. The third-order valence-corrected chi connectivity index (χ3v) is 4.21. The number of amides is 1. The summed E-state index contributed by atoms with van der Waals surface area (Å²) in [6, 6.07) is 0. The van der Waals surface area contributed by atoms with E-state index in [0.717, 1.165) is 19.5 Å². The Labute approximate surface area is 102 Å². The Morgan fingerprint density at radius 3 is 2.59 bits per heavy atom. The molecule has 0 spiro atoms. The number of oxime groups is 1. The molecule has 3 N–H and O–H groups in total. The van der Waals surface area contributed by atoms with Crippen molar-refractivity contribution in [2.75, 3.05) is 13.1 Å². The van der Waals surface area contributed by atoms with Crippen molar-refractivity contribution in [3.05, 3.63) is 0 Å². The standard InChI is InChI=1S/C12H21N3O2/c1-8(2)9-3-6-15(7-9)11(16)12(4-5-12)10(13)14-17/h8-9,17H,3-7H2,1-2H3,(H2,13,14). The normalized spacial score (nSPS) is 27.6. The SMILES string of the molecule is CC(C)C1CCN(C(=O)C2(C(N)=NO)CC2)C1. The molecule has 96 valence electrons.